The molecule has 0 aliphatic carbocycles. The number of aromatic nitrogens is 2. The number of hydrogen-bond acceptors (Lipinski definition) is 6. The minimum Gasteiger partial charge on any atom is -0.604 e. The van der Waals surface area contributed by atoms with Gasteiger partial charge >= 0.3 is 15.6 Å². The number of rotatable bonds is 4. The molecule has 1 atom stereocenters. The van der Waals surface area contributed by atoms with Crippen LogP contribution in [0, 0.1) is 0 Å². The van der Waals surface area contributed by atoms with Gasteiger partial charge in [0, 0.05) is 6.20 Å². The Labute approximate surface area is 113 Å². The van der Waals surface area contributed by atoms with E-state index in [0.717, 1.165) is 11.3 Å². The monoisotopic (exact) mass is 306 g/mol. The second kappa shape index (κ2) is 5.35. The van der Waals surface area contributed by atoms with Crippen molar-refractivity contribution in [1.82, 2.24) is 9.97 Å². The highest BCUT2D eigenvalue weighted by molar-refractivity contribution is 7.95. The average Bonchev–Trinajstić information content (AvgIpc) is 2.81. The van der Waals surface area contributed by atoms with E-state index in [9.17, 15) is 18.1 Å². The maximum atomic E-state index is 13.6. The Morgan fingerprint density at radius 2 is 2.37 bits per heavy atom. The van der Waals surface area contributed by atoms with Crippen LogP contribution in [-0.4, -0.2) is 32.4 Å². The van der Waals surface area contributed by atoms with Crippen LogP contribution in [0.15, 0.2) is 22.7 Å². The van der Waals surface area contributed by atoms with E-state index >= 15 is 0 Å². The molecule has 0 aromatic carbocycles. The molecule has 5 nitrogen and oxygen atoms in total. The number of nitrogens with zero attached hydrogens (tertiary/aromatic N) is 2. The van der Waals surface area contributed by atoms with Crippen molar-refractivity contribution >= 4 is 38.8 Å². The molecule has 0 amide bonds. The Hall–Kier alpha value is -1.32. The van der Waals surface area contributed by atoms with Crippen molar-refractivity contribution in [2.24, 2.45) is 0 Å². The molecule has 2 heterocycles. The lowest BCUT2D eigenvalue weighted by Gasteiger charge is -2.15. The Morgan fingerprint density at radius 3 is 3.00 bits per heavy atom. The summed E-state index contributed by atoms with van der Waals surface area (Å²) in [5.74, 6) is -1.82. The summed E-state index contributed by atoms with van der Waals surface area (Å²) in [7, 11) is 0. The first-order valence-electron chi connectivity index (χ1n) is 5.15. The molecule has 1 unspecified atom stereocenters. The van der Waals surface area contributed by atoms with Gasteiger partial charge in [-0.15, -0.1) is 8.78 Å². The number of ether oxygens (including phenoxy) is 1. The van der Waals surface area contributed by atoms with Gasteiger partial charge in [-0.05, 0) is 30.4 Å². The molecule has 0 N–H and O–H groups in total. The highest BCUT2D eigenvalue weighted by atomic mass is 32.2. The summed E-state index contributed by atoms with van der Waals surface area (Å²) in [5, 5.41) is -4.12. The van der Waals surface area contributed by atoms with E-state index in [0.29, 0.717) is 10.3 Å². The lowest BCUT2D eigenvalue weighted by molar-refractivity contribution is -0.160. The van der Waals surface area contributed by atoms with E-state index in [1.807, 2.05) is 0 Å². The fourth-order valence-corrected chi connectivity index (χ4v) is 3.34. The first-order valence-corrected chi connectivity index (χ1v) is 7.12. The predicted molar refractivity (Wildman–Crippen MR) is 65.4 cm³/mol. The van der Waals surface area contributed by atoms with Gasteiger partial charge in [0.2, 0.25) is 0 Å². The van der Waals surface area contributed by atoms with Crippen molar-refractivity contribution in [2.75, 3.05) is 6.61 Å². The number of esters is 1. The number of alkyl halides is 2. The second-order valence-electron chi connectivity index (χ2n) is 3.31. The van der Waals surface area contributed by atoms with Gasteiger partial charge in [-0.25, -0.2) is 9.78 Å². The van der Waals surface area contributed by atoms with Crippen LogP contribution < -0.4 is 0 Å². The van der Waals surface area contributed by atoms with Crippen LogP contribution in [0.1, 0.15) is 6.92 Å². The van der Waals surface area contributed by atoms with Gasteiger partial charge in [-0.1, -0.05) is 0 Å². The molecule has 0 aliphatic heterocycles. The summed E-state index contributed by atoms with van der Waals surface area (Å²) in [6, 6.07) is 3.14. The zero-order valence-corrected chi connectivity index (χ0v) is 11.3. The van der Waals surface area contributed by atoms with Crippen LogP contribution in [0.4, 0.5) is 8.78 Å². The van der Waals surface area contributed by atoms with Crippen LogP contribution in [-0.2, 0) is 20.7 Å². The van der Waals surface area contributed by atoms with E-state index in [4.69, 9.17) is 0 Å². The molecule has 0 saturated heterocycles. The molecule has 2 aromatic rings. The van der Waals surface area contributed by atoms with Crippen molar-refractivity contribution in [1.29, 1.82) is 0 Å². The van der Waals surface area contributed by atoms with Crippen LogP contribution in [0.25, 0.3) is 10.3 Å². The SMILES string of the molecule is CCOC(=O)C(F)(F)[S+]([O-])c1nc2cccnc2s1. The lowest BCUT2D eigenvalue weighted by Crippen LogP contribution is -2.39. The quantitative estimate of drug-likeness (QED) is 0.637. The summed E-state index contributed by atoms with van der Waals surface area (Å²) in [4.78, 5) is 19.2. The molecule has 19 heavy (non-hydrogen) atoms. The van der Waals surface area contributed by atoms with E-state index in [1.165, 1.54) is 13.1 Å². The minimum atomic E-state index is -4.12. The Balaban J connectivity index is 2.32. The number of fused-ring (bicyclic) bond motifs is 1. The van der Waals surface area contributed by atoms with Crippen molar-refractivity contribution in [3.8, 4) is 0 Å². The van der Waals surface area contributed by atoms with Crippen molar-refractivity contribution in [2.45, 2.75) is 16.5 Å². The lowest BCUT2D eigenvalue weighted by atomic mass is 10.5. The number of carbonyl (C=O) groups excluding carboxylic acids is 1. The third kappa shape index (κ3) is 2.67. The molecule has 0 saturated carbocycles. The van der Waals surface area contributed by atoms with Gasteiger partial charge < -0.3 is 9.29 Å². The van der Waals surface area contributed by atoms with Gasteiger partial charge in [0.25, 0.3) is 0 Å². The molecule has 102 valence electrons. The standard InChI is InChI=1S/C10H8F2N2O3S2/c1-2-17-8(15)10(11,12)19(16)9-14-6-4-3-5-13-7(6)18-9/h3-5H,2H2,1H3. The Kier molecular flexibility index (Phi) is 3.97. The molecule has 2 rings (SSSR count). The van der Waals surface area contributed by atoms with Crippen molar-refractivity contribution in [3.63, 3.8) is 0 Å². The van der Waals surface area contributed by atoms with E-state index in [2.05, 4.69) is 14.7 Å². The van der Waals surface area contributed by atoms with Gasteiger partial charge in [-0.3, -0.25) is 0 Å². The highest BCUT2D eigenvalue weighted by Crippen LogP contribution is 2.34. The first-order chi connectivity index (χ1) is 8.96. The fourth-order valence-electron chi connectivity index (χ4n) is 1.23. The van der Waals surface area contributed by atoms with Gasteiger partial charge in [-0.2, -0.15) is 4.98 Å². The minimum absolute atomic E-state index is 0.215. The van der Waals surface area contributed by atoms with Crippen molar-refractivity contribution < 1.29 is 22.9 Å². The molecular weight excluding hydrogens is 298 g/mol. The summed E-state index contributed by atoms with van der Waals surface area (Å²) in [6.45, 7) is 1.17. The summed E-state index contributed by atoms with van der Waals surface area (Å²) >= 11 is -2.14. The molecule has 9 heteroatoms. The molecule has 0 spiro atoms. The summed E-state index contributed by atoms with van der Waals surface area (Å²) < 4.78 is 42.7. The third-order valence-electron chi connectivity index (χ3n) is 2.05. The molecule has 0 aliphatic rings. The van der Waals surface area contributed by atoms with E-state index in [1.54, 1.807) is 12.1 Å². The van der Waals surface area contributed by atoms with Gasteiger partial charge in [0.1, 0.15) is 21.5 Å². The Morgan fingerprint density at radius 1 is 1.63 bits per heavy atom. The molecule has 0 radical (unpaired) electrons. The average molecular weight is 306 g/mol. The van der Waals surface area contributed by atoms with Crippen LogP contribution in [0.5, 0.6) is 0 Å². The summed E-state index contributed by atoms with van der Waals surface area (Å²) in [6.07, 6.45) is 1.47. The Bertz CT molecular complexity index is 572. The topological polar surface area (TPSA) is 75.1 Å². The third-order valence-corrected chi connectivity index (χ3v) is 4.57. The zero-order valence-electron chi connectivity index (χ0n) is 9.63. The number of pyridine rings is 1. The zero-order chi connectivity index (χ0) is 14.0. The molecule has 0 bridgehead atoms. The number of carbonyl (C=O) groups is 1. The van der Waals surface area contributed by atoms with Crippen LogP contribution in [0.3, 0.4) is 0 Å². The maximum Gasteiger partial charge on any atom is 0.514 e. The molecular formula is C10H8F2N2O3S2. The normalized spacial score (nSPS) is 13.5. The predicted octanol–water partition coefficient (Wildman–Crippen LogP) is 1.95. The van der Waals surface area contributed by atoms with E-state index < -0.39 is 22.4 Å². The maximum absolute atomic E-state index is 13.6. The highest BCUT2D eigenvalue weighted by Gasteiger charge is 2.56. The second-order valence-corrected chi connectivity index (χ2v) is 5.99. The van der Waals surface area contributed by atoms with Gasteiger partial charge in [0.05, 0.1) is 6.61 Å². The van der Waals surface area contributed by atoms with Crippen LogP contribution >= 0.6 is 11.3 Å². The summed E-state index contributed by atoms with van der Waals surface area (Å²) in [5.41, 5.74) is 0.357. The van der Waals surface area contributed by atoms with E-state index in [-0.39, 0.29) is 10.9 Å². The molecule has 0 fully saturated rings. The molecule has 2 aromatic heterocycles. The number of thiazole rings is 1. The number of hydrogen-bond donors (Lipinski definition) is 0. The first kappa shape index (κ1) is 14.1. The largest absolute Gasteiger partial charge is 0.604 e. The fraction of sp³-hybridized carbons (Fsp3) is 0.300. The smallest absolute Gasteiger partial charge is 0.514 e. The van der Waals surface area contributed by atoms with Gasteiger partial charge in [0.15, 0.2) is 0 Å². The van der Waals surface area contributed by atoms with Crippen molar-refractivity contribution in [3.05, 3.63) is 18.3 Å². The van der Waals surface area contributed by atoms with Crippen LogP contribution in [0.2, 0.25) is 0 Å². The number of halogens is 2.